The Morgan fingerprint density at radius 2 is 2.07 bits per heavy atom. The maximum atomic E-state index is 13.1. The van der Waals surface area contributed by atoms with Crippen LogP contribution in [0.2, 0.25) is 0 Å². The molecule has 1 heterocycles. The molecule has 2 aromatic rings. The highest BCUT2D eigenvalue weighted by Gasteiger charge is 2.10. The maximum Gasteiger partial charge on any atom is 0.124 e. The summed E-state index contributed by atoms with van der Waals surface area (Å²) < 4.78 is 13.9. The predicted octanol–water partition coefficient (Wildman–Crippen LogP) is 3.70. The lowest BCUT2D eigenvalue weighted by atomic mass is 10.0. The fourth-order valence-corrected chi connectivity index (χ4v) is 2.58. The standard InChI is InChI=1S/C11H9BrFNS/c12-9-3-8(4-10(13)5-9)11(14)7-1-2-15-6-7/h1-6,11H,14H2/t11-/m1/s1. The van der Waals surface area contributed by atoms with Crippen LogP contribution in [0.4, 0.5) is 4.39 Å². The van der Waals surface area contributed by atoms with E-state index in [1.807, 2.05) is 22.9 Å². The molecule has 0 aliphatic heterocycles. The molecule has 0 bridgehead atoms. The van der Waals surface area contributed by atoms with Gasteiger partial charge in [-0.05, 0) is 46.2 Å². The molecule has 78 valence electrons. The molecule has 0 aliphatic rings. The van der Waals surface area contributed by atoms with E-state index in [1.54, 1.807) is 11.3 Å². The van der Waals surface area contributed by atoms with E-state index in [-0.39, 0.29) is 11.9 Å². The Balaban J connectivity index is 2.37. The molecule has 0 saturated carbocycles. The predicted molar refractivity (Wildman–Crippen MR) is 64.4 cm³/mol. The molecule has 4 heteroatoms. The van der Waals surface area contributed by atoms with Gasteiger partial charge in [0, 0.05) is 4.47 Å². The monoisotopic (exact) mass is 285 g/mol. The van der Waals surface area contributed by atoms with Gasteiger partial charge < -0.3 is 5.73 Å². The van der Waals surface area contributed by atoms with E-state index in [0.717, 1.165) is 11.1 Å². The zero-order valence-corrected chi connectivity index (χ0v) is 10.2. The highest BCUT2D eigenvalue weighted by molar-refractivity contribution is 9.10. The third-order valence-corrected chi connectivity index (χ3v) is 3.31. The summed E-state index contributed by atoms with van der Waals surface area (Å²) >= 11 is 4.84. The highest BCUT2D eigenvalue weighted by atomic mass is 79.9. The molecule has 15 heavy (non-hydrogen) atoms. The van der Waals surface area contributed by atoms with Gasteiger partial charge in [0.25, 0.3) is 0 Å². The van der Waals surface area contributed by atoms with Gasteiger partial charge in [-0.1, -0.05) is 15.9 Å². The average Bonchev–Trinajstić information content (AvgIpc) is 2.67. The first-order chi connectivity index (χ1) is 7.16. The molecular formula is C11H9BrFNS. The van der Waals surface area contributed by atoms with Crippen LogP contribution in [0.25, 0.3) is 0 Å². The van der Waals surface area contributed by atoms with Crippen LogP contribution in [0.5, 0.6) is 0 Å². The van der Waals surface area contributed by atoms with Crippen LogP contribution in [-0.2, 0) is 0 Å². The van der Waals surface area contributed by atoms with Crippen molar-refractivity contribution in [1.82, 2.24) is 0 Å². The third-order valence-electron chi connectivity index (χ3n) is 2.15. The largest absolute Gasteiger partial charge is 0.320 e. The lowest BCUT2D eigenvalue weighted by Gasteiger charge is -2.10. The Hall–Kier alpha value is -0.710. The fourth-order valence-electron chi connectivity index (χ4n) is 1.40. The van der Waals surface area contributed by atoms with Crippen molar-refractivity contribution in [1.29, 1.82) is 0 Å². The maximum absolute atomic E-state index is 13.1. The molecule has 0 radical (unpaired) electrons. The Morgan fingerprint density at radius 3 is 2.67 bits per heavy atom. The molecule has 1 nitrogen and oxygen atoms in total. The SMILES string of the molecule is N[C@H](c1ccsc1)c1cc(F)cc(Br)c1. The number of hydrogen-bond acceptors (Lipinski definition) is 2. The smallest absolute Gasteiger partial charge is 0.124 e. The molecule has 0 spiro atoms. The first-order valence-electron chi connectivity index (χ1n) is 4.40. The molecule has 2 rings (SSSR count). The van der Waals surface area contributed by atoms with Gasteiger partial charge in [-0.2, -0.15) is 11.3 Å². The van der Waals surface area contributed by atoms with Gasteiger partial charge in [-0.25, -0.2) is 4.39 Å². The summed E-state index contributed by atoms with van der Waals surface area (Å²) in [5, 5.41) is 3.94. The van der Waals surface area contributed by atoms with E-state index in [1.165, 1.54) is 12.1 Å². The van der Waals surface area contributed by atoms with E-state index in [9.17, 15) is 4.39 Å². The second-order valence-electron chi connectivity index (χ2n) is 3.24. The second kappa shape index (κ2) is 4.43. The quantitative estimate of drug-likeness (QED) is 0.895. The molecule has 0 saturated heterocycles. The lowest BCUT2D eigenvalue weighted by Crippen LogP contribution is -2.11. The van der Waals surface area contributed by atoms with Crippen molar-refractivity contribution in [2.75, 3.05) is 0 Å². The van der Waals surface area contributed by atoms with Crippen molar-refractivity contribution in [2.24, 2.45) is 5.73 Å². The minimum Gasteiger partial charge on any atom is -0.320 e. The Morgan fingerprint density at radius 1 is 1.27 bits per heavy atom. The number of thiophene rings is 1. The molecule has 0 amide bonds. The number of hydrogen-bond donors (Lipinski definition) is 1. The minimum absolute atomic E-state index is 0.261. The number of rotatable bonds is 2. The molecule has 0 fully saturated rings. The van der Waals surface area contributed by atoms with Gasteiger partial charge in [-0.3, -0.25) is 0 Å². The van der Waals surface area contributed by atoms with Gasteiger partial charge in [0.05, 0.1) is 6.04 Å². The third kappa shape index (κ3) is 2.45. The first kappa shape index (κ1) is 10.8. The van der Waals surface area contributed by atoms with E-state index in [0.29, 0.717) is 4.47 Å². The van der Waals surface area contributed by atoms with E-state index in [4.69, 9.17) is 5.73 Å². The molecule has 2 N–H and O–H groups in total. The average molecular weight is 286 g/mol. The molecule has 0 unspecified atom stereocenters. The second-order valence-corrected chi connectivity index (χ2v) is 4.93. The first-order valence-corrected chi connectivity index (χ1v) is 6.14. The van der Waals surface area contributed by atoms with Gasteiger partial charge in [0.1, 0.15) is 5.82 Å². The number of benzene rings is 1. The zero-order valence-electron chi connectivity index (χ0n) is 7.78. The van der Waals surface area contributed by atoms with Crippen LogP contribution in [0, 0.1) is 5.82 Å². The Bertz CT molecular complexity index is 435. The number of halogens is 2. The summed E-state index contributed by atoms with van der Waals surface area (Å²) in [7, 11) is 0. The normalized spacial score (nSPS) is 12.7. The summed E-state index contributed by atoms with van der Waals surface area (Å²) in [6.45, 7) is 0. The molecule has 1 atom stereocenters. The van der Waals surface area contributed by atoms with E-state index in [2.05, 4.69) is 15.9 Å². The van der Waals surface area contributed by atoms with Crippen LogP contribution in [-0.4, -0.2) is 0 Å². The van der Waals surface area contributed by atoms with Crippen LogP contribution < -0.4 is 5.73 Å². The lowest BCUT2D eigenvalue weighted by molar-refractivity contribution is 0.622. The molecule has 1 aromatic heterocycles. The van der Waals surface area contributed by atoms with Gasteiger partial charge >= 0.3 is 0 Å². The van der Waals surface area contributed by atoms with Gasteiger partial charge in [0.15, 0.2) is 0 Å². The number of nitrogens with two attached hydrogens (primary N) is 1. The summed E-state index contributed by atoms with van der Waals surface area (Å²) in [4.78, 5) is 0. The van der Waals surface area contributed by atoms with Crippen LogP contribution in [0.1, 0.15) is 17.2 Å². The van der Waals surface area contributed by atoms with Crippen molar-refractivity contribution in [3.63, 3.8) is 0 Å². The topological polar surface area (TPSA) is 26.0 Å². The summed E-state index contributed by atoms with van der Waals surface area (Å²) in [5.74, 6) is -0.273. The van der Waals surface area contributed by atoms with Gasteiger partial charge in [-0.15, -0.1) is 0 Å². The van der Waals surface area contributed by atoms with Crippen molar-refractivity contribution < 1.29 is 4.39 Å². The zero-order chi connectivity index (χ0) is 10.8. The van der Waals surface area contributed by atoms with Crippen molar-refractivity contribution >= 4 is 27.3 Å². The fraction of sp³-hybridized carbons (Fsp3) is 0.0909. The summed E-state index contributed by atoms with van der Waals surface area (Å²) in [6.07, 6.45) is 0. The molecule has 1 aromatic carbocycles. The molecular weight excluding hydrogens is 277 g/mol. The van der Waals surface area contributed by atoms with Crippen molar-refractivity contribution in [2.45, 2.75) is 6.04 Å². The van der Waals surface area contributed by atoms with Crippen LogP contribution >= 0.6 is 27.3 Å². The Kier molecular flexibility index (Phi) is 3.19. The minimum atomic E-state index is -0.273. The van der Waals surface area contributed by atoms with Crippen LogP contribution in [0.3, 0.4) is 0 Å². The van der Waals surface area contributed by atoms with Gasteiger partial charge in [0.2, 0.25) is 0 Å². The van der Waals surface area contributed by atoms with Crippen molar-refractivity contribution in [3.05, 3.63) is 56.4 Å². The van der Waals surface area contributed by atoms with Crippen LogP contribution in [0.15, 0.2) is 39.5 Å². The van der Waals surface area contributed by atoms with Crippen molar-refractivity contribution in [3.8, 4) is 0 Å². The molecule has 0 aliphatic carbocycles. The summed E-state index contributed by atoms with van der Waals surface area (Å²) in [5.41, 5.74) is 7.81. The Labute approximate surface area is 99.9 Å². The highest BCUT2D eigenvalue weighted by Crippen LogP contribution is 2.25. The summed E-state index contributed by atoms with van der Waals surface area (Å²) in [6, 6.07) is 6.42. The van der Waals surface area contributed by atoms with E-state index < -0.39 is 0 Å². The van der Waals surface area contributed by atoms with E-state index >= 15 is 0 Å².